The first kappa shape index (κ1) is 18.8. The van der Waals surface area contributed by atoms with Crippen LogP contribution < -0.4 is 14.8 Å². The van der Waals surface area contributed by atoms with Crippen LogP contribution in [0.3, 0.4) is 0 Å². The van der Waals surface area contributed by atoms with Crippen molar-refractivity contribution < 1.29 is 14.3 Å². The molecule has 1 amide bonds. The largest absolute Gasteiger partial charge is 0.493 e. The van der Waals surface area contributed by atoms with Crippen LogP contribution >= 0.6 is 11.6 Å². The molecule has 27 heavy (non-hydrogen) atoms. The third-order valence-corrected chi connectivity index (χ3v) is 4.12. The van der Waals surface area contributed by atoms with Gasteiger partial charge in [-0.1, -0.05) is 23.7 Å². The van der Waals surface area contributed by atoms with Crippen molar-refractivity contribution in [3.8, 4) is 11.5 Å². The zero-order valence-corrected chi connectivity index (χ0v) is 15.7. The fourth-order valence-corrected chi connectivity index (χ4v) is 2.78. The highest BCUT2D eigenvalue weighted by molar-refractivity contribution is 6.30. The number of ether oxygens (including phenoxy) is 2. The van der Waals surface area contributed by atoms with E-state index in [-0.39, 0.29) is 12.5 Å². The van der Waals surface area contributed by atoms with Crippen LogP contribution in [-0.4, -0.2) is 29.0 Å². The van der Waals surface area contributed by atoms with E-state index in [9.17, 15) is 4.79 Å². The highest BCUT2D eigenvalue weighted by atomic mass is 35.5. The lowest BCUT2D eigenvalue weighted by Crippen LogP contribution is -2.28. The van der Waals surface area contributed by atoms with Crippen LogP contribution in [0.5, 0.6) is 11.5 Å². The summed E-state index contributed by atoms with van der Waals surface area (Å²) in [7, 11) is 1.57. The third kappa shape index (κ3) is 4.80. The van der Waals surface area contributed by atoms with Gasteiger partial charge in [0.25, 0.3) is 5.91 Å². The molecular weight excluding hydrogens is 366 g/mol. The number of hydrogen-bond acceptors (Lipinski definition) is 4. The molecule has 0 atom stereocenters. The Morgan fingerprint density at radius 2 is 2.15 bits per heavy atom. The molecule has 0 fully saturated rings. The van der Waals surface area contributed by atoms with Gasteiger partial charge < -0.3 is 19.2 Å². The Morgan fingerprint density at radius 1 is 1.30 bits per heavy atom. The predicted molar refractivity (Wildman–Crippen MR) is 104 cm³/mol. The van der Waals surface area contributed by atoms with E-state index in [0.717, 1.165) is 23.3 Å². The van der Waals surface area contributed by atoms with E-state index in [0.29, 0.717) is 23.1 Å². The molecule has 6 nitrogen and oxygen atoms in total. The van der Waals surface area contributed by atoms with Crippen molar-refractivity contribution in [1.82, 2.24) is 14.7 Å². The zero-order valence-electron chi connectivity index (χ0n) is 14.9. The summed E-state index contributed by atoms with van der Waals surface area (Å²) in [5.74, 6) is 0.851. The van der Waals surface area contributed by atoms with Gasteiger partial charge >= 0.3 is 0 Å². The van der Waals surface area contributed by atoms with Gasteiger partial charge in [0.2, 0.25) is 0 Å². The lowest BCUT2D eigenvalue weighted by atomic mass is 10.1. The number of carbonyl (C=O) groups is 1. The van der Waals surface area contributed by atoms with Gasteiger partial charge in [0, 0.05) is 12.4 Å². The number of allylic oxidation sites excluding steroid dienone is 1. The van der Waals surface area contributed by atoms with E-state index in [1.165, 1.54) is 0 Å². The first-order valence-corrected chi connectivity index (χ1v) is 8.77. The summed E-state index contributed by atoms with van der Waals surface area (Å²) in [5.41, 5.74) is 2.56. The van der Waals surface area contributed by atoms with E-state index >= 15 is 0 Å². The first-order chi connectivity index (χ1) is 13.1. The second kappa shape index (κ2) is 8.60. The highest BCUT2D eigenvalue weighted by Gasteiger charge is 2.09. The van der Waals surface area contributed by atoms with Crippen LogP contribution in [0.2, 0.25) is 5.02 Å². The number of benzene rings is 1. The van der Waals surface area contributed by atoms with Gasteiger partial charge in [0.1, 0.15) is 5.65 Å². The topological polar surface area (TPSA) is 64.9 Å². The van der Waals surface area contributed by atoms with Gasteiger partial charge in [-0.05, 0) is 36.2 Å². The minimum absolute atomic E-state index is 0.115. The van der Waals surface area contributed by atoms with Crippen LogP contribution in [-0.2, 0) is 17.8 Å². The Balaban J connectivity index is 1.55. The van der Waals surface area contributed by atoms with E-state index in [4.69, 9.17) is 21.1 Å². The molecule has 0 aliphatic carbocycles. The summed E-state index contributed by atoms with van der Waals surface area (Å²) >= 11 is 5.96. The fourth-order valence-electron chi connectivity index (χ4n) is 2.61. The number of halogens is 1. The van der Waals surface area contributed by atoms with Gasteiger partial charge in [0.05, 0.1) is 24.4 Å². The molecular formula is C20H20ClN3O3. The Morgan fingerprint density at radius 3 is 2.93 bits per heavy atom. The molecule has 3 aromatic rings. The standard InChI is InChI=1S/C20H20ClN3O3/c1-3-4-14-5-7-17(18(9-14)26-2)27-13-20(25)22-10-16-12-24-11-15(21)6-8-19(24)23-16/h3,5-9,11-12H,1,4,10,13H2,2H3,(H,22,25). The second-order valence-electron chi connectivity index (χ2n) is 5.89. The molecule has 1 aromatic carbocycles. The van der Waals surface area contributed by atoms with Crippen molar-refractivity contribution in [2.75, 3.05) is 13.7 Å². The number of rotatable bonds is 8. The number of aromatic nitrogens is 2. The molecule has 3 rings (SSSR count). The van der Waals surface area contributed by atoms with Crippen molar-refractivity contribution in [1.29, 1.82) is 0 Å². The molecule has 0 saturated heterocycles. The minimum Gasteiger partial charge on any atom is -0.493 e. The monoisotopic (exact) mass is 385 g/mol. The first-order valence-electron chi connectivity index (χ1n) is 8.39. The number of amides is 1. The molecule has 0 aliphatic rings. The van der Waals surface area contributed by atoms with Crippen LogP contribution in [0, 0.1) is 0 Å². The number of carbonyl (C=O) groups excluding carboxylic acids is 1. The summed E-state index contributed by atoms with van der Waals surface area (Å²) in [6.07, 6.45) is 6.14. The Hall–Kier alpha value is -2.99. The molecule has 0 unspecified atom stereocenters. The maximum Gasteiger partial charge on any atom is 0.258 e. The number of imidazole rings is 1. The van der Waals surface area contributed by atoms with Crippen molar-refractivity contribution in [2.24, 2.45) is 0 Å². The lowest BCUT2D eigenvalue weighted by Gasteiger charge is -2.11. The fraction of sp³-hybridized carbons (Fsp3) is 0.200. The van der Waals surface area contributed by atoms with Crippen molar-refractivity contribution in [2.45, 2.75) is 13.0 Å². The van der Waals surface area contributed by atoms with Gasteiger partial charge in [0.15, 0.2) is 18.1 Å². The van der Waals surface area contributed by atoms with Gasteiger partial charge in [-0.2, -0.15) is 0 Å². The smallest absolute Gasteiger partial charge is 0.258 e. The zero-order chi connectivity index (χ0) is 19.2. The summed E-state index contributed by atoms with van der Waals surface area (Å²) in [4.78, 5) is 16.5. The Bertz CT molecular complexity index is 968. The SMILES string of the molecule is C=CCc1ccc(OCC(=O)NCc2cn3cc(Cl)ccc3n2)c(OC)c1. The van der Waals surface area contributed by atoms with Crippen molar-refractivity contribution in [3.05, 3.63) is 71.7 Å². The predicted octanol–water partition coefficient (Wildman–Crippen LogP) is 3.42. The molecule has 0 aliphatic heterocycles. The van der Waals surface area contributed by atoms with E-state index in [1.54, 1.807) is 25.4 Å². The molecule has 0 bridgehead atoms. The van der Waals surface area contributed by atoms with Crippen LogP contribution in [0.4, 0.5) is 0 Å². The maximum absolute atomic E-state index is 12.1. The summed E-state index contributed by atoms with van der Waals surface area (Å²) in [5, 5.41) is 3.41. The molecule has 0 saturated carbocycles. The third-order valence-electron chi connectivity index (χ3n) is 3.90. The Labute approximate surface area is 162 Å². The average Bonchev–Trinajstić information content (AvgIpc) is 3.07. The molecule has 2 aromatic heterocycles. The number of fused-ring (bicyclic) bond motifs is 1. The van der Waals surface area contributed by atoms with E-state index < -0.39 is 0 Å². The highest BCUT2D eigenvalue weighted by Crippen LogP contribution is 2.28. The summed E-state index contributed by atoms with van der Waals surface area (Å²) < 4.78 is 12.7. The molecule has 0 spiro atoms. The normalized spacial score (nSPS) is 10.6. The quantitative estimate of drug-likeness (QED) is 0.603. The van der Waals surface area contributed by atoms with Crippen LogP contribution in [0.1, 0.15) is 11.3 Å². The number of nitrogens with one attached hydrogen (secondary N) is 1. The summed E-state index contributed by atoms with van der Waals surface area (Å²) in [6.45, 7) is 3.91. The molecule has 1 N–H and O–H groups in total. The second-order valence-corrected chi connectivity index (χ2v) is 6.32. The van der Waals surface area contributed by atoms with Crippen molar-refractivity contribution >= 4 is 23.2 Å². The molecule has 7 heteroatoms. The Kier molecular flexibility index (Phi) is 5.98. The van der Waals surface area contributed by atoms with Crippen LogP contribution in [0.15, 0.2) is 55.4 Å². The maximum atomic E-state index is 12.1. The number of methoxy groups -OCH3 is 1. The number of pyridine rings is 1. The van der Waals surface area contributed by atoms with Gasteiger partial charge in [-0.3, -0.25) is 4.79 Å². The van der Waals surface area contributed by atoms with Gasteiger partial charge in [-0.25, -0.2) is 4.98 Å². The average molecular weight is 386 g/mol. The molecule has 0 radical (unpaired) electrons. The van der Waals surface area contributed by atoms with Crippen LogP contribution in [0.25, 0.3) is 5.65 Å². The minimum atomic E-state index is -0.248. The van der Waals surface area contributed by atoms with Crippen molar-refractivity contribution in [3.63, 3.8) is 0 Å². The molecule has 140 valence electrons. The van der Waals surface area contributed by atoms with E-state index in [2.05, 4.69) is 16.9 Å². The molecule has 2 heterocycles. The number of hydrogen-bond donors (Lipinski definition) is 1. The number of nitrogens with zero attached hydrogens (tertiary/aromatic N) is 2. The summed E-state index contributed by atoms with van der Waals surface area (Å²) in [6, 6.07) is 9.17. The lowest BCUT2D eigenvalue weighted by molar-refractivity contribution is -0.123. The van der Waals surface area contributed by atoms with E-state index in [1.807, 2.05) is 34.9 Å². The van der Waals surface area contributed by atoms with Gasteiger partial charge in [-0.15, -0.1) is 6.58 Å².